The maximum absolute atomic E-state index is 13.0. The average molecular weight is 197 g/mol. The van der Waals surface area contributed by atoms with Gasteiger partial charge in [0.15, 0.2) is 0 Å². The number of allylic oxidation sites excluding steroid dienone is 1. The standard InChI is InChI=1S/C10H9F2NO/c1-2-6-13-10(14)9-7(11)4-3-5-8(9)12/h2-6H,1H3,(H,13,14). The lowest BCUT2D eigenvalue weighted by Crippen LogP contribution is -2.20. The Morgan fingerprint density at radius 3 is 2.43 bits per heavy atom. The van der Waals surface area contributed by atoms with E-state index in [4.69, 9.17) is 0 Å². The quantitative estimate of drug-likeness (QED) is 0.773. The molecule has 1 aromatic rings. The molecule has 0 aliphatic carbocycles. The van der Waals surface area contributed by atoms with Crippen molar-refractivity contribution in [1.29, 1.82) is 0 Å². The van der Waals surface area contributed by atoms with Gasteiger partial charge in [-0.1, -0.05) is 12.1 Å². The third-order valence-electron chi connectivity index (χ3n) is 1.57. The number of benzene rings is 1. The summed E-state index contributed by atoms with van der Waals surface area (Å²) in [5.41, 5.74) is -0.564. The van der Waals surface area contributed by atoms with Crippen molar-refractivity contribution in [3.05, 3.63) is 47.7 Å². The van der Waals surface area contributed by atoms with Gasteiger partial charge in [0, 0.05) is 0 Å². The molecular weight excluding hydrogens is 188 g/mol. The number of carbonyl (C=O) groups is 1. The van der Waals surface area contributed by atoms with E-state index in [0.29, 0.717) is 0 Å². The molecule has 14 heavy (non-hydrogen) atoms. The molecule has 0 aliphatic rings. The van der Waals surface area contributed by atoms with Crippen LogP contribution in [0, 0.1) is 11.6 Å². The number of rotatable bonds is 2. The van der Waals surface area contributed by atoms with Crippen LogP contribution in [0.15, 0.2) is 30.5 Å². The van der Waals surface area contributed by atoms with Crippen molar-refractivity contribution in [1.82, 2.24) is 5.32 Å². The van der Waals surface area contributed by atoms with Crippen LogP contribution in [0.2, 0.25) is 0 Å². The van der Waals surface area contributed by atoms with Gasteiger partial charge in [0.05, 0.1) is 0 Å². The molecule has 0 saturated heterocycles. The summed E-state index contributed by atoms with van der Waals surface area (Å²) in [7, 11) is 0. The number of halogens is 2. The maximum atomic E-state index is 13.0. The van der Waals surface area contributed by atoms with Gasteiger partial charge in [-0.05, 0) is 25.3 Å². The molecule has 0 unspecified atom stereocenters. The minimum atomic E-state index is -0.869. The fraction of sp³-hybridized carbons (Fsp3) is 0.100. The normalized spacial score (nSPS) is 10.5. The van der Waals surface area contributed by atoms with Gasteiger partial charge in [0.1, 0.15) is 17.2 Å². The Hall–Kier alpha value is -1.71. The summed E-state index contributed by atoms with van der Waals surface area (Å²) in [5, 5.41) is 2.23. The van der Waals surface area contributed by atoms with Crippen LogP contribution in [0.25, 0.3) is 0 Å². The zero-order chi connectivity index (χ0) is 10.6. The van der Waals surface area contributed by atoms with Gasteiger partial charge in [-0.15, -0.1) is 0 Å². The molecule has 0 saturated carbocycles. The van der Waals surface area contributed by atoms with Crippen molar-refractivity contribution in [3.8, 4) is 0 Å². The second-order valence-electron chi connectivity index (χ2n) is 2.57. The second kappa shape index (κ2) is 4.50. The van der Waals surface area contributed by atoms with Gasteiger partial charge in [-0.2, -0.15) is 0 Å². The van der Waals surface area contributed by atoms with E-state index in [2.05, 4.69) is 5.32 Å². The van der Waals surface area contributed by atoms with Crippen LogP contribution in [0.3, 0.4) is 0 Å². The smallest absolute Gasteiger partial charge is 0.261 e. The zero-order valence-corrected chi connectivity index (χ0v) is 7.55. The van der Waals surface area contributed by atoms with Crippen molar-refractivity contribution < 1.29 is 13.6 Å². The summed E-state index contributed by atoms with van der Waals surface area (Å²) in [5.74, 6) is -2.53. The number of hydrogen-bond acceptors (Lipinski definition) is 1. The summed E-state index contributed by atoms with van der Waals surface area (Å²) in [6.07, 6.45) is 2.87. The molecule has 0 radical (unpaired) electrons. The molecule has 0 fully saturated rings. The first-order valence-electron chi connectivity index (χ1n) is 4.03. The zero-order valence-electron chi connectivity index (χ0n) is 7.55. The fourth-order valence-electron chi connectivity index (χ4n) is 0.946. The van der Waals surface area contributed by atoms with Gasteiger partial charge in [-0.25, -0.2) is 8.78 Å². The number of carbonyl (C=O) groups excluding carboxylic acids is 1. The van der Waals surface area contributed by atoms with Gasteiger partial charge in [0.25, 0.3) is 5.91 Å². The van der Waals surface area contributed by atoms with Crippen LogP contribution < -0.4 is 5.32 Å². The van der Waals surface area contributed by atoms with Crippen molar-refractivity contribution >= 4 is 5.91 Å². The molecule has 1 aromatic carbocycles. The number of nitrogens with one attached hydrogen (secondary N) is 1. The van der Waals surface area contributed by atoms with Gasteiger partial charge in [-0.3, -0.25) is 4.79 Å². The lowest BCUT2D eigenvalue weighted by molar-refractivity contribution is 0.0962. The van der Waals surface area contributed by atoms with Crippen LogP contribution in [0.4, 0.5) is 8.78 Å². The SMILES string of the molecule is CC=CNC(=O)c1c(F)cccc1F. The van der Waals surface area contributed by atoms with E-state index in [0.717, 1.165) is 12.1 Å². The molecule has 0 aliphatic heterocycles. The average Bonchev–Trinajstić information content (AvgIpc) is 2.14. The Labute approximate surface area is 80.2 Å². The van der Waals surface area contributed by atoms with E-state index in [9.17, 15) is 13.6 Å². The van der Waals surface area contributed by atoms with E-state index < -0.39 is 23.1 Å². The van der Waals surface area contributed by atoms with Crippen LogP contribution in [-0.4, -0.2) is 5.91 Å². The lowest BCUT2D eigenvalue weighted by atomic mass is 10.2. The van der Waals surface area contributed by atoms with Crippen molar-refractivity contribution in [2.24, 2.45) is 0 Å². The highest BCUT2D eigenvalue weighted by Gasteiger charge is 2.15. The predicted octanol–water partition coefficient (Wildman–Crippen LogP) is 2.23. The number of hydrogen-bond donors (Lipinski definition) is 1. The van der Waals surface area contributed by atoms with Gasteiger partial charge < -0.3 is 5.32 Å². The molecule has 0 spiro atoms. The first kappa shape index (κ1) is 10.4. The topological polar surface area (TPSA) is 29.1 Å². The highest BCUT2D eigenvalue weighted by molar-refractivity contribution is 5.95. The van der Waals surface area contributed by atoms with E-state index in [1.807, 2.05) is 0 Å². The minimum Gasteiger partial charge on any atom is -0.329 e. The first-order valence-corrected chi connectivity index (χ1v) is 4.03. The van der Waals surface area contributed by atoms with Crippen LogP contribution >= 0.6 is 0 Å². The minimum absolute atomic E-state index is 0.564. The lowest BCUT2D eigenvalue weighted by Gasteiger charge is -2.02. The molecule has 2 nitrogen and oxygen atoms in total. The maximum Gasteiger partial charge on any atom is 0.261 e. The summed E-state index contributed by atoms with van der Waals surface area (Å²) >= 11 is 0. The molecule has 74 valence electrons. The van der Waals surface area contributed by atoms with Gasteiger partial charge in [0.2, 0.25) is 0 Å². The van der Waals surface area contributed by atoms with Crippen LogP contribution in [0.5, 0.6) is 0 Å². The molecule has 1 amide bonds. The molecule has 0 bridgehead atoms. The Balaban J connectivity index is 3.00. The molecule has 1 rings (SSSR count). The molecule has 4 heteroatoms. The highest BCUT2D eigenvalue weighted by atomic mass is 19.1. The van der Waals surface area contributed by atoms with E-state index in [-0.39, 0.29) is 0 Å². The van der Waals surface area contributed by atoms with E-state index in [1.165, 1.54) is 12.3 Å². The molecule has 0 aromatic heterocycles. The summed E-state index contributed by atoms with van der Waals surface area (Å²) in [4.78, 5) is 11.2. The second-order valence-corrected chi connectivity index (χ2v) is 2.57. The largest absolute Gasteiger partial charge is 0.329 e. The van der Waals surface area contributed by atoms with Crippen molar-refractivity contribution in [2.75, 3.05) is 0 Å². The van der Waals surface area contributed by atoms with E-state index >= 15 is 0 Å². The molecule has 0 atom stereocenters. The highest BCUT2D eigenvalue weighted by Crippen LogP contribution is 2.11. The Morgan fingerprint density at radius 2 is 1.93 bits per heavy atom. The van der Waals surface area contributed by atoms with Crippen molar-refractivity contribution in [3.63, 3.8) is 0 Å². The monoisotopic (exact) mass is 197 g/mol. The summed E-state index contributed by atoms with van der Waals surface area (Å²) in [6.45, 7) is 1.68. The molecule has 0 heterocycles. The molecule has 1 N–H and O–H groups in total. The van der Waals surface area contributed by atoms with Crippen LogP contribution in [-0.2, 0) is 0 Å². The van der Waals surface area contributed by atoms with Gasteiger partial charge >= 0.3 is 0 Å². The Kier molecular flexibility index (Phi) is 3.34. The predicted molar refractivity (Wildman–Crippen MR) is 48.6 cm³/mol. The van der Waals surface area contributed by atoms with Crippen molar-refractivity contribution in [2.45, 2.75) is 6.92 Å². The number of amides is 1. The third-order valence-corrected chi connectivity index (χ3v) is 1.57. The Morgan fingerprint density at radius 1 is 1.36 bits per heavy atom. The summed E-state index contributed by atoms with van der Waals surface area (Å²) < 4.78 is 26.0. The Bertz CT molecular complexity index is 354. The first-order chi connectivity index (χ1) is 6.66. The fourth-order valence-corrected chi connectivity index (χ4v) is 0.946. The van der Waals surface area contributed by atoms with Crippen LogP contribution in [0.1, 0.15) is 17.3 Å². The molecular formula is C10H9F2NO. The summed E-state index contributed by atoms with van der Waals surface area (Å²) in [6, 6.07) is 3.28. The third kappa shape index (κ3) is 2.16. The van der Waals surface area contributed by atoms with E-state index in [1.54, 1.807) is 13.0 Å².